The average molecular weight is 727 g/mol. The van der Waals surface area contributed by atoms with E-state index in [0.717, 1.165) is 16.3 Å². The number of carbonyl (C=O) groups is 4. The molecule has 53 heavy (non-hydrogen) atoms. The summed E-state index contributed by atoms with van der Waals surface area (Å²) in [5.41, 5.74) is -5.59. The van der Waals surface area contributed by atoms with Gasteiger partial charge in [-0.2, -0.15) is 0 Å². The van der Waals surface area contributed by atoms with Crippen molar-refractivity contribution in [1.82, 2.24) is 0 Å². The number of ketones is 1. The van der Waals surface area contributed by atoms with Crippen LogP contribution in [0.3, 0.4) is 0 Å². The summed E-state index contributed by atoms with van der Waals surface area (Å²) in [6, 6.07) is 21.8. The maximum atomic E-state index is 14.8. The minimum Gasteiger partial charge on any atom is -0.458 e. The summed E-state index contributed by atoms with van der Waals surface area (Å²) in [4.78, 5) is 55.3. The van der Waals surface area contributed by atoms with Gasteiger partial charge in [0.05, 0.1) is 29.6 Å². The highest BCUT2D eigenvalue weighted by Crippen LogP contribution is 2.64. The number of benzene rings is 3. The number of hydrogen-bond donors (Lipinski definition) is 3. The van der Waals surface area contributed by atoms with Crippen molar-refractivity contribution in [2.75, 3.05) is 6.61 Å². The normalized spacial score (nSPS) is 34.5. The molecule has 4 aliphatic rings. The predicted octanol–water partition coefficient (Wildman–Crippen LogP) is 4.42. The van der Waals surface area contributed by atoms with Crippen LogP contribution in [0.25, 0.3) is 10.8 Å². The van der Waals surface area contributed by atoms with Crippen LogP contribution in [0.2, 0.25) is 0 Å². The van der Waals surface area contributed by atoms with Gasteiger partial charge >= 0.3 is 17.9 Å². The van der Waals surface area contributed by atoms with E-state index in [9.17, 15) is 34.5 Å². The predicted molar refractivity (Wildman–Crippen MR) is 191 cm³/mol. The Hall–Kier alpha value is -4.42. The summed E-state index contributed by atoms with van der Waals surface area (Å²) in [6.07, 6.45) is -7.04. The second kappa shape index (κ2) is 13.2. The molecule has 11 nitrogen and oxygen atoms in total. The number of ether oxygens (including phenoxy) is 4. The highest BCUT2D eigenvalue weighted by Gasteiger charge is 2.78. The van der Waals surface area contributed by atoms with Crippen LogP contribution in [0.15, 0.2) is 83.9 Å². The van der Waals surface area contributed by atoms with Crippen LogP contribution < -0.4 is 0 Å². The van der Waals surface area contributed by atoms with Crippen LogP contribution in [-0.2, 0) is 39.8 Å². The van der Waals surface area contributed by atoms with Gasteiger partial charge in [-0.25, -0.2) is 4.79 Å². The van der Waals surface area contributed by atoms with Crippen molar-refractivity contribution in [2.24, 2.45) is 16.7 Å². The van der Waals surface area contributed by atoms with Crippen LogP contribution in [0, 0.1) is 16.7 Å². The first-order valence-electron chi connectivity index (χ1n) is 18.1. The molecule has 3 aromatic carbocycles. The van der Waals surface area contributed by atoms with E-state index in [1.807, 2.05) is 42.5 Å². The van der Waals surface area contributed by atoms with Crippen molar-refractivity contribution < 1.29 is 53.4 Å². The van der Waals surface area contributed by atoms with Crippen molar-refractivity contribution in [1.29, 1.82) is 0 Å². The summed E-state index contributed by atoms with van der Waals surface area (Å²) in [7, 11) is 0. The first kappa shape index (κ1) is 36.9. The average Bonchev–Trinajstić information content (AvgIpc) is 3.12. The zero-order valence-corrected chi connectivity index (χ0v) is 30.5. The number of aryl methyl sites for hydroxylation is 1. The molecule has 11 heteroatoms. The van der Waals surface area contributed by atoms with E-state index >= 15 is 0 Å². The molecule has 3 fully saturated rings. The minimum atomic E-state index is -2.16. The Labute approximate surface area is 307 Å². The standard InChI is InChI=1S/C42H46O11/c1-23-29(51-32(45)19-18-26-16-11-15-25-12-9-10-17-28(25)26)21-42(49)37(52-38(48)27-13-7-6-8-14-27)35-40(5,36(47)34(46)33(23)39(42,3)4)30(44)20-31-41(35,22-50-31)53-24(2)43/h6-17,29-31,34-35,37,44,46,49H,18-22H2,1-5H3/t29-,30-,31+,34+,35-,37-,40+,41-,42+/m0/s1. The third kappa shape index (κ3) is 5.62. The Morgan fingerprint density at radius 1 is 0.925 bits per heavy atom. The van der Waals surface area contributed by atoms with Gasteiger partial charge < -0.3 is 34.3 Å². The topological polar surface area (TPSA) is 166 Å². The van der Waals surface area contributed by atoms with E-state index in [0.29, 0.717) is 12.0 Å². The van der Waals surface area contributed by atoms with Gasteiger partial charge in [-0.05, 0) is 59.9 Å². The maximum absolute atomic E-state index is 14.8. The quantitative estimate of drug-likeness (QED) is 0.179. The number of aliphatic hydroxyl groups excluding tert-OH is 2. The van der Waals surface area contributed by atoms with Crippen LogP contribution in [0.5, 0.6) is 0 Å². The van der Waals surface area contributed by atoms with Gasteiger partial charge in [0, 0.05) is 31.6 Å². The van der Waals surface area contributed by atoms with Crippen LogP contribution in [0.4, 0.5) is 0 Å². The number of hydrogen-bond acceptors (Lipinski definition) is 11. The van der Waals surface area contributed by atoms with Crippen LogP contribution in [0.1, 0.15) is 69.8 Å². The van der Waals surface area contributed by atoms with Gasteiger partial charge in [-0.3, -0.25) is 14.4 Å². The third-order valence-electron chi connectivity index (χ3n) is 12.7. The lowest BCUT2D eigenvalue weighted by Crippen LogP contribution is -2.81. The molecule has 7 rings (SSSR count). The van der Waals surface area contributed by atoms with E-state index in [1.54, 1.807) is 39.0 Å². The summed E-state index contributed by atoms with van der Waals surface area (Å²) in [5.74, 6) is -4.31. The zero-order valence-electron chi connectivity index (χ0n) is 30.5. The lowest BCUT2D eigenvalue weighted by Gasteiger charge is -2.67. The molecular formula is C42H46O11. The van der Waals surface area contributed by atoms with Crippen molar-refractivity contribution in [3.05, 3.63) is 95.1 Å². The van der Waals surface area contributed by atoms with E-state index in [2.05, 4.69) is 0 Å². The van der Waals surface area contributed by atoms with Crippen LogP contribution in [-0.4, -0.2) is 87.3 Å². The lowest BCUT2D eigenvalue weighted by atomic mass is 9.44. The SMILES string of the molecule is CC(=O)O[C@@]12CO[C@@H]1C[C@H](O)[C@@]1(C)C(=O)[C@H](O)C3=C(C)[C@@H](OC(=O)CCc4cccc5ccccc45)C[C@@](O)([C@@H](OC(=O)c4ccccc4)[C@H]21)C3(C)C. The lowest BCUT2D eigenvalue weighted by molar-refractivity contribution is -0.345. The smallest absolute Gasteiger partial charge is 0.338 e. The summed E-state index contributed by atoms with van der Waals surface area (Å²) in [6.45, 7) is 7.37. The number of carbonyl (C=O) groups excluding carboxylic acids is 4. The first-order valence-corrected chi connectivity index (χ1v) is 18.1. The van der Waals surface area contributed by atoms with Crippen molar-refractivity contribution in [2.45, 2.75) is 102 Å². The Morgan fingerprint density at radius 2 is 1.60 bits per heavy atom. The fourth-order valence-corrected chi connectivity index (χ4v) is 9.74. The van der Waals surface area contributed by atoms with Gasteiger partial charge in [0.25, 0.3) is 0 Å². The highest BCUT2D eigenvalue weighted by molar-refractivity contribution is 5.94. The Balaban J connectivity index is 1.34. The molecule has 0 unspecified atom stereocenters. The fourth-order valence-electron chi connectivity index (χ4n) is 9.74. The van der Waals surface area contributed by atoms with Crippen molar-refractivity contribution in [3.63, 3.8) is 0 Å². The zero-order chi connectivity index (χ0) is 38.1. The minimum absolute atomic E-state index is 0.00428. The summed E-state index contributed by atoms with van der Waals surface area (Å²) >= 11 is 0. The summed E-state index contributed by atoms with van der Waals surface area (Å²) < 4.78 is 24.3. The first-order chi connectivity index (χ1) is 25.1. The highest BCUT2D eigenvalue weighted by atomic mass is 16.6. The largest absolute Gasteiger partial charge is 0.458 e. The molecule has 1 saturated heterocycles. The van der Waals surface area contributed by atoms with Gasteiger partial charge in [-0.15, -0.1) is 0 Å². The van der Waals surface area contributed by atoms with E-state index in [1.165, 1.54) is 26.0 Å². The number of esters is 3. The molecule has 3 aliphatic carbocycles. The van der Waals surface area contributed by atoms with Crippen LogP contribution >= 0.6 is 0 Å². The molecule has 0 spiro atoms. The molecule has 2 saturated carbocycles. The molecule has 0 aromatic heterocycles. The molecule has 2 bridgehead atoms. The molecular weight excluding hydrogens is 680 g/mol. The fraction of sp³-hybridized carbons (Fsp3) is 0.476. The number of aliphatic hydroxyl groups is 3. The molecule has 1 heterocycles. The van der Waals surface area contributed by atoms with Gasteiger partial charge in [-0.1, -0.05) is 74.5 Å². The second-order valence-corrected chi connectivity index (χ2v) is 15.8. The Bertz CT molecular complexity index is 2000. The molecule has 0 radical (unpaired) electrons. The number of Topliss-reactive ketones (excluding diaryl/α,β-unsaturated/α-hetero) is 1. The third-order valence-corrected chi connectivity index (χ3v) is 12.7. The molecule has 3 N–H and O–H groups in total. The number of fused-ring (bicyclic) bond motifs is 6. The summed E-state index contributed by atoms with van der Waals surface area (Å²) in [5, 5.41) is 39.3. The van der Waals surface area contributed by atoms with E-state index in [4.69, 9.17) is 18.9 Å². The second-order valence-electron chi connectivity index (χ2n) is 15.8. The Morgan fingerprint density at radius 3 is 2.28 bits per heavy atom. The molecule has 280 valence electrons. The molecule has 1 aliphatic heterocycles. The van der Waals surface area contributed by atoms with Crippen molar-refractivity contribution >= 4 is 34.5 Å². The van der Waals surface area contributed by atoms with E-state index in [-0.39, 0.29) is 37.0 Å². The Kier molecular flexibility index (Phi) is 9.16. The van der Waals surface area contributed by atoms with E-state index < -0.39 is 82.2 Å². The van der Waals surface area contributed by atoms with Gasteiger partial charge in [0.1, 0.15) is 30.0 Å². The van der Waals surface area contributed by atoms with Gasteiger partial charge in [0.2, 0.25) is 0 Å². The van der Waals surface area contributed by atoms with Gasteiger partial charge in [0.15, 0.2) is 11.4 Å². The molecule has 3 aromatic rings. The molecule has 9 atom stereocenters. The monoisotopic (exact) mass is 726 g/mol. The van der Waals surface area contributed by atoms with Crippen molar-refractivity contribution in [3.8, 4) is 0 Å². The number of rotatable bonds is 7. The molecule has 0 amide bonds. The maximum Gasteiger partial charge on any atom is 0.338 e.